The fourth-order valence-electron chi connectivity index (χ4n) is 3.59. The van der Waals surface area contributed by atoms with Crippen LogP contribution in [0.3, 0.4) is 0 Å². The summed E-state index contributed by atoms with van der Waals surface area (Å²) < 4.78 is 3.40. The van der Waals surface area contributed by atoms with E-state index in [4.69, 9.17) is 0 Å². The van der Waals surface area contributed by atoms with Crippen LogP contribution in [0.1, 0.15) is 29.2 Å². The minimum absolute atomic E-state index is 0.0645. The molecule has 1 aliphatic rings. The molecule has 0 fully saturated rings. The van der Waals surface area contributed by atoms with E-state index in [0.717, 1.165) is 28.1 Å². The van der Waals surface area contributed by atoms with Gasteiger partial charge in [0.05, 0.1) is 12.1 Å². The first-order chi connectivity index (χ1) is 13.3. The molecule has 0 bridgehead atoms. The topological polar surface area (TPSA) is 48.2 Å². The minimum atomic E-state index is 0.0645. The number of nitrogens with one attached hydrogen (secondary N) is 1. The molecule has 136 valence electrons. The van der Waals surface area contributed by atoms with Crippen molar-refractivity contribution in [2.45, 2.75) is 12.5 Å². The van der Waals surface area contributed by atoms with Crippen LogP contribution in [0.15, 0.2) is 77.5 Å². The normalized spacial score (nSPS) is 16.0. The van der Waals surface area contributed by atoms with Gasteiger partial charge in [0.2, 0.25) is 0 Å². The largest absolute Gasteiger partial charge is 0.396 e. The van der Waals surface area contributed by atoms with Gasteiger partial charge in [0.25, 0.3) is 5.84 Å². The summed E-state index contributed by atoms with van der Waals surface area (Å²) in [6.07, 6.45) is 4.31. The number of rotatable bonds is 5. The molecule has 2 N–H and O–H groups in total. The number of hydrogen-bond donors (Lipinski definition) is 2. The Bertz CT molecular complexity index is 958. The number of pyridine rings is 1. The average molecular weight is 423 g/mol. The molecule has 0 spiro atoms. The number of amidine groups is 1. The standard InChI is InChI=1S/C22H20BrN3O/c23-18-7-8-20-19(15-18)21(16-5-2-1-3-6-16)26(13-4-14-27)22(25-20)17-9-11-24-12-10-17/h1-3,5-12,15,21,27H,4,13-14H2/p+1. The van der Waals surface area contributed by atoms with Gasteiger partial charge in [-0.05, 0) is 30.3 Å². The molecule has 0 saturated heterocycles. The summed E-state index contributed by atoms with van der Waals surface area (Å²) in [5.74, 6) is 1.04. The minimum Gasteiger partial charge on any atom is -0.396 e. The van der Waals surface area contributed by atoms with Crippen LogP contribution < -0.4 is 5.32 Å². The second-order valence-electron chi connectivity index (χ2n) is 6.52. The van der Waals surface area contributed by atoms with E-state index in [1.807, 2.05) is 30.6 Å². The molecule has 1 aliphatic heterocycles. The van der Waals surface area contributed by atoms with E-state index in [2.05, 4.69) is 73.3 Å². The number of anilines is 1. The van der Waals surface area contributed by atoms with Gasteiger partial charge in [-0.1, -0.05) is 46.3 Å². The van der Waals surface area contributed by atoms with Gasteiger partial charge in [0, 0.05) is 41.0 Å². The Morgan fingerprint density at radius 3 is 2.56 bits per heavy atom. The zero-order chi connectivity index (χ0) is 18.6. The lowest BCUT2D eigenvalue weighted by atomic mass is 9.94. The van der Waals surface area contributed by atoms with Crippen LogP contribution in [0.5, 0.6) is 0 Å². The first-order valence-corrected chi connectivity index (χ1v) is 9.83. The zero-order valence-electron chi connectivity index (χ0n) is 14.8. The monoisotopic (exact) mass is 422 g/mol. The molecular formula is C22H21BrN3O+. The van der Waals surface area contributed by atoms with Crippen LogP contribution in [-0.4, -0.2) is 33.7 Å². The molecule has 1 unspecified atom stereocenters. The molecule has 4 rings (SSSR count). The van der Waals surface area contributed by atoms with Crippen molar-refractivity contribution in [1.29, 1.82) is 0 Å². The summed E-state index contributed by atoms with van der Waals surface area (Å²) in [4.78, 5) is 4.15. The Hall–Kier alpha value is -2.50. The summed E-state index contributed by atoms with van der Waals surface area (Å²) >= 11 is 3.62. The van der Waals surface area contributed by atoms with Crippen molar-refractivity contribution in [3.05, 3.63) is 94.2 Å². The van der Waals surface area contributed by atoms with E-state index in [1.54, 1.807) is 0 Å². The second-order valence-corrected chi connectivity index (χ2v) is 7.44. The predicted molar refractivity (Wildman–Crippen MR) is 111 cm³/mol. The molecule has 2 aromatic carbocycles. The highest BCUT2D eigenvalue weighted by molar-refractivity contribution is 9.10. The molecule has 0 amide bonds. The van der Waals surface area contributed by atoms with Crippen LogP contribution >= 0.6 is 15.9 Å². The molecular weight excluding hydrogens is 402 g/mol. The number of fused-ring (bicyclic) bond motifs is 1. The molecule has 0 radical (unpaired) electrons. The van der Waals surface area contributed by atoms with Gasteiger partial charge in [-0.3, -0.25) is 4.98 Å². The third kappa shape index (κ3) is 3.66. The van der Waals surface area contributed by atoms with Gasteiger partial charge < -0.3 is 5.11 Å². The van der Waals surface area contributed by atoms with E-state index in [9.17, 15) is 5.11 Å². The van der Waals surface area contributed by atoms with E-state index in [-0.39, 0.29) is 12.6 Å². The van der Waals surface area contributed by atoms with E-state index in [1.165, 1.54) is 11.1 Å². The lowest BCUT2D eigenvalue weighted by molar-refractivity contribution is -0.563. The number of benzene rings is 2. The van der Waals surface area contributed by atoms with Crippen LogP contribution in [0, 0.1) is 0 Å². The van der Waals surface area contributed by atoms with Crippen molar-refractivity contribution in [3.8, 4) is 0 Å². The highest BCUT2D eigenvalue weighted by Crippen LogP contribution is 2.37. The Morgan fingerprint density at radius 1 is 1.04 bits per heavy atom. The van der Waals surface area contributed by atoms with Gasteiger partial charge >= 0.3 is 0 Å². The van der Waals surface area contributed by atoms with Gasteiger partial charge in [0.1, 0.15) is 5.69 Å². The SMILES string of the molecule is OCCC[N+]1=C(c2ccncc2)Nc2ccc(Br)cc2C1c1ccccc1. The predicted octanol–water partition coefficient (Wildman–Crippen LogP) is 4.20. The van der Waals surface area contributed by atoms with Gasteiger partial charge in [-0.25, -0.2) is 9.89 Å². The zero-order valence-corrected chi connectivity index (χ0v) is 16.4. The Morgan fingerprint density at radius 2 is 1.81 bits per heavy atom. The van der Waals surface area contributed by atoms with Crippen LogP contribution in [-0.2, 0) is 0 Å². The van der Waals surface area contributed by atoms with Crippen LogP contribution in [0.2, 0.25) is 0 Å². The number of hydrogen-bond acceptors (Lipinski definition) is 3. The van der Waals surface area contributed by atoms with E-state index >= 15 is 0 Å². The Kier molecular flexibility index (Phi) is 5.32. The first kappa shape index (κ1) is 17.9. The van der Waals surface area contributed by atoms with Gasteiger partial charge in [-0.2, -0.15) is 0 Å². The van der Waals surface area contributed by atoms with Crippen molar-refractivity contribution in [1.82, 2.24) is 4.98 Å². The van der Waals surface area contributed by atoms with Gasteiger partial charge in [-0.15, -0.1) is 0 Å². The second kappa shape index (κ2) is 8.03. The highest BCUT2D eigenvalue weighted by atomic mass is 79.9. The van der Waals surface area contributed by atoms with Crippen molar-refractivity contribution in [2.75, 3.05) is 18.5 Å². The summed E-state index contributed by atoms with van der Waals surface area (Å²) in [6.45, 7) is 0.902. The smallest absolute Gasteiger partial charge is 0.283 e. The number of halogens is 1. The molecule has 1 atom stereocenters. The quantitative estimate of drug-likeness (QED) is 0.605. The van der Waals surface area contributed by atoms with Crippen LogP contribution in [0.4, 0.5) is 5.69 Å². The number of aliphatic hydroxyl groups excluding tert-OH is 1. The van der Waals surface area contributed by atoms with Crippen molar-refractivity contribution in [3.63, 3.8) is 0 Å². The van der Waals surface area contributed by atoms with E-state index in [0.29, 0.717) is 6.42 Å². The Balaban J connectivity index is 1.94. The average Bonchev–Trinajstić information content (AvgIpc) is 2.72. The van der Waals surface area contributed by atoms with Crippen molar-refractivity contribution in [2.24, 2.45) is 0 Å². The summed E-state index contributed by atoms with van der Waals surface area (Å²) in [5, 5.41) is 13.1. The number of nitrogens with zero attached hydrogens (tertiary/aromatic N) is 2. The van der Waals surface area contributed by atoms with E-state index < -0.39 is 0 Å². The summed E-state index contributed by atoms with van der Waals surface area (Å²) in [5.41, 5.74) is 4.62. The number of aromatic nitrogens is 1. The van der Waals surface area contributed by atoms with Crippen molar-refractivity contribution < 1.29 is 9.68 Å². The van der Waals surface area contributed by atoms with Crippen LogP contribution in [0.25, 0.3) is 0 Å². The summed E-state index contributed by atoms with van der Waals surface area (Å²) in [6, 6.07) is 21.0. The highest BCUT2D eigenvalue weighted by Gasteiger charge is 2.35. The maximum Gasteiger partial charge on any atom is 0.283 e. The lowest BCUT2D eigenvalue weighted by Gasteiger charge is -2.28. The van der Waals surface area contributed by atoms with Gasteiger partial charge in [0.15, 0.2) is 6.04 Å². The first-order valence-electron chi connectivity index (χ1n) is 9.04. The molecule has 0 aliphatic carbocycles. The number of aliphatic hydroxyl groups is 1. The molecule has 5 heteroatoms. The molecule has 27 heavy (non-hydrogen) atoms. The molecule has 4 nitrogen and oxygen atoms in total. The molecule has 2 heterocycles. The fourth-order valence-corrected chi connectivity index (χ4v) is 3.97. The van der Waals surface area contributed by atoms with Crippen molar-refractivity contribution >= 4 is 27.5 Å². The fraction of sp³-hybridized carbons (Fsp3) is 0.182. The molecule has 1 aromatic heterocycles. The molecule has 0 saturated carbocycles. The molecule has 3 aromatic rings. The third-order valence-electron chi connectivity index (χ3n) is 4.79. The lowest BCUT2D eigenvalue weighted by Crippen LogP contribution is -2.37. The Labute approximate surface area is 167 Å². The third-order valence-corrected chi connectivity index (χ3v) is 5.28. The maximum atomic E-state index is 9.48. The summed E-state index contributed by atoms with van der Waals surface area (Å²) in [7, 11) is 0. The maximum absolute atomic E-state index is 9.48.